The Morgan fingerprint density at radius 3 is 2.65 bits per heavy atom. The van der Waals surface area contributed by atoms with Gasteiger partial charge in [0.1, 0.15) is 0 Å². The summed E-state index contributed by atoms with van der Waals surface area (Å²) in [5.41, 5.74) is 0. The molecule has 0 fully saturated rings. The Balaban J connectivity index is 3.77. The second kappa shape index (κ2) is 8.72. The normalized spacial score (nSPS) is 13.4. The van der Waals surface area contributed by atoms with Gasteiger partial charge < -0.3 is 4.74 Å². The van der Waals surface area contributed by atoms with Gasteiger partial charge in [-0.25, -0.2) is 13.1 Å². The molecule has 7 heteroatoms. The van der Waals surface area contributed by atoms with Gasteiger partial charge in [-0.3, -0.25) is 4.79 Å². The van der Waals surface area contributed by atoms with Crippen LogP contribution in [-0.4, -0.2) is 39.2 Å². The fraction of sp³-hybridized carbons (Fsp3) is 0.900. The molecule has 1 N–H and O–H groups in total. The number of hydrogen-bond acceptors (Lipinski definition) is 4. The number of carbonyl (C=O) groups is 1. The second-order valence-corrected chi connectivity index (χ2v) is 6.00. The molecule has 0 aromatic carbocycles. The number of hydrogen-bond donors (Lipinski definition) is 1. The first-order chi connectivity index (χ1) is 7.91. The first-order valence-electron chi connectivity index (χ1n) is 5.60. The molecule has 0 saturated heterocycles. The number of carbonyl (C=O) groups excluding carboxylic acids is 1. The van der Waals surface area contributed by atoms with Gasteiger partial charge in [-0.2, -0.15) is 0 Å². The maximum Gasteiger partial charge on any atom is 0.305 e. The summed E-state index contributed by atoms with van der Waals surface area (Å²) in [6, 6.07) is 0. The lowest BCUT2D eigenvalue weighted by molar-refractivity contribution is -0.143. The van der Waals surface area contributed by atoms with Crippen LogP contribution in [0.5, 0.6) is 0 Å². The zero-order valence-electron chi connectivity index (χ0n) is 10.2. The van der Waals surface area contributed by atoms with E-state index in [1.807, 2.05) is 0 Å². The highest BCUT2D eigenvalue weighted by Crippen LogP contribution is 2.02. The van der Waals surface area contributed by atoms with E-state index in [4.69, 9.17) is 16.3 Å². The van der Waals surface area contributed by atoms with Crippen LogP contribution in [-0.2, 0) is 19.6 Å². The van der Waals surface area contributed by atoms with Gasteiger partial charge in [0.15, 0.2) is 0 Å². The van der Waals surface area contributed by atoms with E-state index >= 15 is 0 Å². The Labute approximate surface area is 108 Å². The van der Waals surface area contributed by atoms with Gasteiger partial charge in [-0.1, -0.05) is 6.92 Å². The number of ether oxygens (including phenoxy) is 1. The molecule has 0 aliphatic heterocycles. The Morgan fingerprint density at radius 1 is 1.47 bits per heavy atom. The van der Waals surface area contributed by atoms with Crippen molar-refractivity contribution < 1.29 is 17.9 Å². The molecular formula is C10H20ClNO4S. The van der Waals surface area contributed by atoms with Gasteiger partial charge in [0.25, 0.3) is 0 Å². The maximum absolute atomic E-state index is 11.5. The summed E-state index contributed by atoms with van der Waals surface area (Å²) in [6.07, 6.45) is 0.661. The van der Waals surface area contributed by atoms with Crippen LogP contribution in [0.2, 0.25) is 0 Å². The largest absolute Gasteiger partial charge is 0.466 e. The molecule has 0 aliphatic carbocycles. The van der Waals surface area contributed by atoms with Crippen LogP contribution >= 0.6 is 11.6 Å². The first kappa shape index (κ1) is 16.7. The molecule has 0 saturated carbocycles. The highest BCUT2D eigenvalue weighted by atomic mass is 35.5. The summed E-state index contributed by atoms with van der Waals surface area (Å²) in [5.74, 6) is -0.0698. The molecule has 0 spiro atoms. The summed E-state index contributed by atoms with van der Waals surface area (Å²) in [6.45, 7) is 4.09. The highest BCUT2D eigenvalue weighted by Gasteiger charge is 2.14. The monoisotopic (exact) mass is 285 g/mol. The van der Waals surface area contributed by atoms with E-state index in [2.05, 4.69) is 4.72 Å². The predicted molar refractivity (Wildman–Crippen MR) is 67.5 cm³/mol. The van der Waals surface area contributed by atoms with E-state index < -0.39 is 10.0 Å². The molecule has 0 aromatic heterocycles. The van der Waals surface area contributed by atoms with Crippen LogP contribution in [0.3, 0.4) is 0 Å². The molecule has 0 radical (unpaired) electrons. The van der Waals surface area contributed by atoms with Crippen molar-refractivity contribution in [2.24, 2.45) is 5.92 Å². The molecule has 102 valence electrons. The van der Waals surface area contributed by atoms with E-state index in [1.165, 1.54) is 0 Å². The van der Waals surface area contributed by atoms with Crippen molar-refractivity contribution in [3.05, 3.63) is 0 Å². The van der Waals surface area contributed by atoms with Gasteiger partial charge in [0.2, 0.25) is 10.0 Å². The molecule has 0 aliphatic rings. The van der Waals surface area contributed by atoms with E-state index in [1.54, 1.807) is 13.8 Å². The lowest BCUT2D eigenvalue weighted by Crippen LogP contribution is -2.30. The maximum atomic E-state index is 11.5. The van der Waals surface area contributed by atoms with Crippen molar-refractivity contribution in [2.75, 3.05) is 24.8 Å². The zero-order valence-corrected chi connectivity index (χ0v) is 11.8. The quantitative estimate of drug-likeness (QED) is 0.391. The van der Waals surface area contributed by atoms with Crippen molar-refractivity contribution in [3.8, 4) is 0 Å². The number of halogens is 1. The van der Waals surface area contributed by atoms with Crippen LogP contribution in [0, 0.1) is 5.92 Å². The van der Waals surface area contributed by atoms with E-state index in [0.717, 1.165) is 0 Å². The Kier molecular flexibility index (Phi) is 8.55. The van der Waals surface area contributed by atoms with Crippen molar-refractivity contribution in [1.82, 2.24) is 4.72 Å². The minimum Gasteiger partial charge on any atom is -0.466 e. The number of alkyl halides is 1. The third kappa shape index (κ3) is 9.38. The van der Waals surface area contributed by atoms with E-state index in [-0.39, 0.29) is 30.6 Å². The van der Waals surface area contributed by atoms with Crippen LogP contribution in [0.4, 0.5) is 0 Å². The van der Waals surface area contributed by atoms with E-state index in [0.29, 0.717) is 18.9 Å². The fourth-order valence-electron chi connectivity index (χ4n) is 1.17. The predicted octanol–water partition coefficient (Wildman–Crippen LogP) is 1.12. The SMILES string of the molecule is CCOC(=O)CCCNS(=O)(=O)CC(C)CCl. The van der Waals surface area contributed by atoms with Crippen molar-refractivity contribution >= 4 is 27.6 Å². The third-order valence-electron chi connectivity index (χ3n) is 1.95. The molecule has 1 atom stereocenters. The summed E-state index contributed by atoms with van der Waals surface area (Å²) >= 11 is 5.54. The molecule has 1 unspecified atom stereocenters. The molecular weight excluding hydrogens is 266 g/mol. The summed E-state index contributed by atoms with van der Waals surface area (Å²) < 4.78 is 30.1. The Bertz CT molecular complexity index is 318. The number of sulfonamides is 1. The van der Waals surface area contributed by atoms with Crippen LogP contribution in [0.1, 0.15) is 26.7 Å². The summed E-state index contributed by atoms with van der Waals surface area (Å²) in [4.78, 5) is 11.0. The van der Waals surface area contributed by atoms with Crippen LogP contribution in [0.25, 0.3) is 0 Å². The van der Waals surface area contributed by atoms with Crippen LogP contribution in [0.15, 0.2) is 0 Å². The number of esters is 1. The standard InChI is InChI=1S/C10H20ClNO4S/c1-3-16-10(13)5-4-6-12-17(14,15)8-9(2)7-11/h9,12H,3-8H2,1-2H3. The topological polar surface area (TPSA) is 72.5 Å². The molecule has 0 amide bonds. The van der Waals surface area contributed by atoms with Crippen molar-refractivity contribution in [3.63, 3.8) is 0 Å². The zero-order chi connectivity index (χ0) is 13.3. The van der Waals surface area contributed by atoms with Gasteiger partial charge in [-0.05, 0) is 19.3 Å². The minimum absolute atomic E-state index is 0.00983. The Hall–Kier alpha value is -0.330. The summed E-state index contributed by atoms with van der Waals surface area (Å²) in [5, 5.41) is 0. The molecule has 5 nitrogen and oxygen atoms in total. The van der Waals surface area contributed by atoms with E-state index in [9.17, 15) is 13.2 Å². The number of nitrogens with one attached hydrogen (secondary N) is 1. The molecule has 0 bridgehead atoms. The average molecular weight is 286 g/mol. The fourth-order valence-corrected chi connectivity index (χ4v) is 2.85. The summed E-state index contributed by atoms with van der Waals surface area (Å²) in [7, 11) is -3.29. The van der Waals surface area contributed by atoms with Gasteiger partial charge in [0.05, 0.1) is 12.4 Å². The van der Waals surface area contributed by atoms with Crippen molar-refractivity contribution in [1.29, 1.82) is 0 Å². The molecule has 0 aromatic rings. The lowest BCUT2D eigenvalue weighted by atomic mass is 10.3. The lowest BCUT2D eigenvalue weighted by Gasteiger charge is -2.09. The van der Waals surface area contributed by atoms with Gasteiger partial charge in [-0.15, -0.1) is 11.6 Å². The van der Waals surface area contributed by atoms with Crippen LogP contribution < -0.4 is 4.72 Å². The highest BCUT2D eigenvalue weighted by molar-refractivity contribution is 7.89. The Morgan fingerprint density at radius 2 is 2.12 bits per heavy atom. The smallest absolute Gasteiger partial charge is 0.305 e. The van der Waals surface area contributed by atoms with Gasteiger partial charge in [0, 0.05) is 18.8 Å². The van der Waals surface area contributed by atoms with Gasteiger partial charge >= 0.3 is 5.97 Å². The molecule has 0 heterocycles. The molecule has 17 heavy (non-hydrogen) atoms. The van der Waals surface area contributed by atoms with Crippen molar-refractivity contribution in [2.45, 2.75) is 26.7 Å². The third-order valence-corrected chi connectivity index (χ3v) is 4.13. The minimum atomic E-state index is -3.29. The molecule has 0 rings (SSSR count). The average Bonchev–Trinajstić information content (AvgIpc) is 2.24. The first-order valence-corrected chi connectivity index (χ1v) is 7.79. The second-order valence-electron chi connectivity index (χ2n) is 3.84. The number of rotatable bonds is 9.